The molecule has 1 aromatic carbocycles. The number of halogens is 1. The Morgan fingerprint density at radius 3 is 2.77 bits per heavy atom. The Bertz CT molecular complexity index is 303. The Balaban J connectivity index is 1.92. The summed E-state index contributed by atoms with van der Waals surface area (Å²) in [6.07, 6.45) is 2.21. The minimum absolute atomic E-state index is 0.364. The number of hydrogen-bond acceptors (Lipinski definition) is 2. The summed E-state index contributed by atoms with van der Waals surface area (Å²) in [7, 11) is 0. The average Bonchev–Trinajstić information content (AvgIpc) is 2.92. The maximum absolute atomic E-state index is 5.74. The molecule has 0 radical (unpaired) electrons. The molecule has 1 aliphatic rings. The van der Waals surface area contributed by atoms with Crippen LogP contribution in [0.15, 0.2) is 29.3 Å². The molecule has 1 unspecified atom stereocenters. The largest absolute Gasteiger partial charge is 0.371 e. The normalized spacial score (nSPS) is 20.8. The topological polar surface area (TPSA) is 24.9 Å². The van der Waals surface area contributed by atoms with Gasteiger partial charge >= 0.3 is 0 Å². The lowest BCUT2D eigenvalue weighted by atomic mass is 10.2. The number of benzene rings is 1. The van der Waals surface area contributed by atoms with E-state index in [9.17, 15) is 0 Å². The molecule has 0 bridgehead atoms. The zero-order chi connectivity index (χ0) is 9.10. The summed E-state index contributed by atoms with van der Waals surface area (Å²) < 4.78 is 5.03. The fraction of sp³-hybridized carbons (Fsp3) is 0.300. The van der Waals surface area contributed by atoms with Crippen molar-refractivity contribution in [2.24, 2.45) is 4.99 Å². The minimum Gasteiger partial charge on any atom is -0.371 e. The fourth-order valence-corrected chi connectivity index (χ4v) is 1.12. The van der Waals surface area contributed by atoms with Crippen LogP contribution in [0.3, 0.4) is 0 Å². The van der Waals surface area contributed by atoms with Gasteiger partial charge in [-0.3, -0.25) is 4.99 Å². The molecule has 2 nitrogen and oxygen atoms in total. The molecular formula is C10H10ClNO. The lowest BCUT2D eigenvalue weighted by Crippen LogP contribution is -1.91. The summed E-state index contributed by atoms with van der Waals surface area (Å²) >= 11 is 5.74. The van der Waals surface area contributed by atoms with E-state index in [0.717, 1.165) is 23.7 Å². The van der Waals surface area contributed by atoms with Crippen molar-refractivity contribution in [3.63, 3.8) is 0 Å². The molecule has 0 amide bonds. The van der Waals surface area contributed by atoms with Crippen LogP contribution in [0.2, 0.25) is 5.02 Å². The first-order chi connectivity index (χ1) is 6.34. The summed E-state index contributed by atoms with van der Waals surface area (Å²) in [5.74, 6) is 0. The number of aliphatic imine (C=N–C) groups is 1. The highest BCUT2D eigenvalue weighted by Gasteiger charge is 2.20. The van der Waals surface area contributed by atoms with E-state index >= 15 is 0 Å². The Hall–Kier alpha value is -0.860. The first-order valence-electron chi connectivity index (χ1n) is 4.21. The predicted octanol–water partition coefficient (Wildman–Crippen LogP) is 2.16. The zero-order valence-electron chi connectivity index (χ0n) is 7.11. The molecule has 1 aliphatic heterocycles. The van der Waals surface area contributed by atoms with E-state index in [0.29, 0.717) is 6.10 Å². The Labute approximate surface area is 82.2 Å². The van der Waals surface area contributed by atoms with Crippen LogP contribution in [0.5, 0.6) is 0 Å². The number of ether oxygens (including phenoxy) is 1. The van der Waals surface area contributed by atoms with Gasteiger partial charge in [0.1, 0.15) is 6.10 Å². The molecular weight excluding hydrogens is 186 g/mol. The SMILES string of the molecule is Clc1ccc(/C=N\CC2CO2)cc1. The van der Waals surface area contributed by atoms with Crippen LogP contribution in [0.4, 0.5) is 0 Å². The molecule has 1 fully saturated rings. The van der Waals surface area contributed by atoms with E-state index in [1.165, 1.54) is 0 Å². The predicted molar refractivity (Wildman–Crippen MR) is 53.7 cm³/mol. The van der Waals surface area contributed by atoms with Gasteiger partial charge in [-0.25, -0.2) is 0 Å². The van der Waals surface area contributed by atoms with Crippen molar-refractivity contribution in [2.75, 3.05) is 13.2 Å². The second kappa shape index (κ2) is 3.90. The van der Waals surface area contributed by atoms with E-state index in [1.54, 1.807) is 0 Å². The maximum Gasteiger partial charge on any atom is 0.100 e. The van der Waals surface area contributed by atoms with E-state index in [4.69, 9.17) is 16.3 Å². The molecule has 13 heavy (non-hydrogen) atoms. The van der Waals surface area contributed by atoms with E-state index in [2.05, 4.69) is 4.99 Å². The summed E-state index contributed by atoms with van der Waals surface area (Å²) in [4.78, 5) is 4.24. The Kier molecular flexibility index (Phi) is 2.62. The van der Waals surface area contributed by atoms with Crippen LogP contribution in [0, 0.1) is 0 Å². The molecule has 3 heteroatoms. The highest BCUT2D eigenvalue weighted by atomic mass is 35.5. The van der Waals surface area contributed by atoms with E-state index in [-0.39, 0.29) is 0 Å². The molecule has 0 N–H and O–H groups in total. The monoisotopic (exact) mass is 195 g/mol. The van der Waals surface area contributed by atoms with Crippen molar-refractivity contribution in [1.82, 2.24) is 0 Å². The highest BCUT2D eigenvalue weighted by molar-refractivity contribution is 6.30. The smallest absolute Gasteiger partial charge is 0.100 e. The van der Waals surface area contributed by atoms with Crippen LogP contribution in [0.25, 0.3) is 0 Å². The first-order valence-corrected chi connectivity index (χ1v) is 4.59. The minimum atomic E-state index is 0.364. The lowest BCUT2D eigenvalue weighted by molar-refractivity contribution is 0.413. The van der Waals surface area contributed by atoms with Gasteiger partial charge in [0.2, 0.25) is 0 Å². The fourth-order valence-electron chi connectivity index (χ4n) is 0.998. The molecule has 2 rings (SSSR count). The third-order valence-electron chi connectivity index (χ3n) is 1.82. The second-order valence-corrected chi connectivity index (χ2v) is 3.44. The van der Waals surface area contributed by atoms with Crippen molar-refractivity contribution < 1.29 is 4.74 Å². The number of hydrogen-bond donors (Lipinski definition) is 0. The molecule has 1 saturated heterocycles. The van der Waals surface area contributed by atoms with Crippen LogP contribution in [-0.4, -0.2) is 25.5 Å². The van der Waals surface area contributed by atoms with Crippen LogP contribution >= 0.6 is 11.6 Å². The summed E-state index contributed by atoms with van der Waals surface area (Å²) in [6.45, 7) is 1.63. The highest BCUT2D eigenvalue weighted by Crippen LogP contribution is 2.10. The van der Waals surface area contributed by atoms with E-state index in [1.807, 2.05) is 30.5 Å². The van der Waals surface area contributed by atoms with Gasteiger partial charge in [0.05, 0.1) is 13.2 Å². The summed E-state index contributed by atoms with van der Waals surface area (Å²) in [5.41, 5.74) is 1.07. The molecule has 0 spiro atoms. The first kappa shape index (κ1) is 8.73. The van der Waals surface area contributed by atoms with Gasteiger partial charge in [0.25, 0.3) is 0 Å². The molecule has 68 valence electrons. The van der Waals surface area contributed by atoms with Crippen LogP contribution in [0.1, 0.15) is 5.56 Å². The van der Waals surface area contributed by atoms with Crippen molar-refractivity contribution in [3.05, 3.63) is 34.9 Å². The van der Waals surface area contributed by atoms with Crippen molar-refractivity contribution in [1.29, 1.82) is 0 Å². The lowest BCUT2D eigenvalue weighted by Gasteiger charge is -1.92. The third-order valence-corrected chi connectivity index (χ3v) is 2.07. The number of nitrogens with zero attached hydrogens (tertiary/aromatic N) is 1. The van der Waals surface area contributed by atoms with Crippen molar-refractivity contribution >= 4 is 17.8 Å². The molecule has 1 aromatic rings. The Morgan fingerprint density at radius 1 is 1.46 bits per heavy atom. The van der Waals surface area contributed by atoms with Gasteiger partial charge in [0.15, 0.2) is 0 Å². The molecule has 1 heterocycles. The van der Waals surface area contributed by atoms with Gasteiger partial charge in [-0.2, -0.15) is 0 Å². The molecule has 0 aliphatic carbocycles. The third kappa shape index (κ3) is 2.83. The standard InChI is InChI=1S/C10H10ClNO/c11-9-3-1-8(2-4-9)5-12-6-10-7-13-10/h1-5,10H,6-7H2/b12-5-. The summed E-state index contributed by atoms with van der Waals surface area (Å²) in [5, 5.41) is 0.752. The van der Waals surface area contributed by atoms with Gasteiger partial charge in [-0.1, -0.05) is 23.7 Å². The Morgan fingerprint density at radius 2 is 2.15 bits per heavy atom. The zero-order valence-corrected chi connectivity index (χ0v) is 7.87. The van der Waals surface area contributed by atoms with Crippen molar-refractivity contribution in [3.8, 4) is 0 Å². The number of epoxide rings is 1. The number of rotatable bonds is 3. The van der Waals surface area contributed by atoms with Crippen molar-refractivity contribution in [2.45, 2.75) is 6.10 Å². The van der Waals surface area contributed by atoms with Gasteiger partial charge in [-0.15, -0.1) is 0 Å². The molecule has 0 saturated carbocycles. The quantitative estimate of drug-likeness (QED) is 0.536. The molecule has 0 aromatic heterocycles. The maximum atomic E-state index is 5.74. The van der Waals surface area contributed by atoms with Gasteiger partial charge < -0.3 is 4.74 Å². The van der Waals surface area contributed by atoms with Gasteiger partial charge in [0, 0.05) is 11.2 Å². The van der Waals surface area contributed by atoms with E-state index < -0.39 is 0 Å². The van der Waals surface area contributed by atoms with Crippen LogP contribution < -0.4 is 0 Å². The average molecular weight is 196 g/mol. The molecule has 1 atom stereocenters. The second-order valence-electron chi connectivity index (χ2n) is 3.00. The summed E-state index contributed by atoms with van der Waals surface area (Å²) in [6, 6.07) is 7.60. The van der Waals surface area contributed by atoms with Gasteiger partial charge in [-0.05, 0) is 17.7 Å². The van der Waals surface area contributed by atoms with Crippen LogP contribution in [-0.2, 0) is 4.74 Å².